The maximum atomic E-state index is 11.2. The Balaban J connectivity index is 2.52. The molecule has 0 radical (unpaired) electrons. The van der Waals surface area contributed by atoms with Gasteiger partial charge in [0.15, 0.2) is 0 Å². The van der Waals surface area contributed by atoms with Crippen molar-refractivity contribution >= 4 is 5.97 Å². The van der Waals surface area contributed by atoms with E-state index in [2.05, 4.69) is 0 Å². The molecule has 12 heavy (non-hydrogen) atoms. The molecule has 0 heterocycles. The second-order valence-corrected chi connectivity index (χ2v) is 3.19. The molecule has 0 saturated heterocycles. The molecule has 0 spiro atoms. The summed E-state index contributed by atoms with van der Waals surface area (Å²) in [4.78, 5) is 11.2. The molecule has 3 heteroatoms. The highest BCUT2D eigenvalue weighted by Gasteiger charge is 2.31. The van der Waals surface area contributed by atoms with Crippen molar-refractivity contribution in [3.63, 3.8) is 0 Å². The molecule has 0 aliphatic heterocycles. The minimum Gasteiger partial charge on any atom is -0.469 e. The van der Waals surface area contributed by atoms with Gasteiger partial charge in [0, 0.05) is 7.11 Å². The van der Waals surface area contributed by atoms with E-state index < -0.39 is 0 Å². The third-order valence-electron chi connectivity index (χ3n) is 2.51. The summed E-state index contributed by atoms with van der Waals surface area (Å²) in [5.74, 6) is -0.157. The summed E-state index contributed by atoms with van der Waals surface area (Å²) >= 11 is 0. The van der Waals surface area contributed by atoms with Gasteiger partial charge in [0.05, 0.1) is 19.1 Å². The molecular weight excluding hydrogens is 156 g/mol. The first-order chi connectivity index (χ1) is 5.79. The molecule has 1 fully saturated rings. The predicted octanol–water partition coefficient (Wildman–Crippen LogP) is 1.36. The Bertz CT molecular complexity index is 156. The Kier molecular flexibility index (Phi) is 3.53. The fraction of sp³-hybridized carbons (Fsp3) is 0.889. The van der Waals surface area contributed by atoms with Crippen LogP contribution in [0.3, 0.4) is 0 Å². The molecule has 0 aromatic carbocycles. The van der Waals surface area contributed by atoms with Crippen molar-refractivity contribution < 1.29 is 14.3 Å². The van der Waals surface area contributed by atoms with Crippen LogP contribution in [0.5, 0.6) is 0 Å². The van der Waals surface area contributed by atoms with Crippen LogP contribution in [0.1, 0.15) is 25.7 Å². The SMILES string of the molecule is COC(=O)[C@@H]1CCCC[C@@H]1OC. The Hall–Kier alpha value is -0.570. The van der Waals surface area contributed by atoms with Crippen LogP contribution >= 0.6 is 0 Å². The minimum atomic E-state index is -0.124. The van der Waals surface area contributed by atoms with Crippen molar-refractivity contribution in [1.82, 2.24) is 0 Å². The van der Waals surface area contributed by atoms with Gasteiger partial charge in [0.25, 0.3) is 0 Å². The Morgan fingerprint density at radius 2 is 1.92 bits per heavy atom. The first-order valence-electron chi connectivity index (χ1n) is 4.40. The van der Waals surface area contributed by atoms with E-state index in [0.717, 1.165) is 25.7 Å². The van der Waals surface area contributed by atoms with Crippen molar-refractivity contribution in [2.45, 2.75) is 31.8 Å². The molecule has 1 aliphatic rings. The lowest BCUT2D eigenvalue weighted by Gasteiger charge is -2.27. The van der Waals surface area contributed by atoms with Gasteiger partial charge in [-0.25, -0.2) is 0 Å². The minimum absolute atomic E-state index is 0.0336. The Morgan fingerprint density at radius 1 is 1.25 bits per heavy atom. The van der Waals surface area contributed by atoms with Gasteiger partial charge in [0.2, 0.25) is 0 Å². The van der Waals surface area contributed by atoms with Gasteiger partial charge in [0.1, 0.15) is 0 Å². The number of hydrogen-bond acceptors (Lipinski definition) is 3. The molecule has 0 unspecified atom stereocenters. The first kappa shape index (κ1) is 9.52. The lowest BCUT2D eigenvalue weighted by atomic mass is 9.86. The van der Waals surface area contributed by atoms with E-state index in [1.165, 1.54) is 7.11 Å². The molecular formula is C9H16O3. The van der Waals surface area contributed by atoms with Crippen LogP contribution in [-0.4, -0.2) is 26.3 Å². The summed E-state index contributed by atoms with van der Waals surface area (Å²) in [6.45, 7) is 0. The first-order valence-corrected chi connectivity index (χ1v) is 4.40. The molecule has 3 nitrogen and oxygen atoms in total. The van der Waals surface area contributed by atoms with Crippen molar-refractivity contribution in [3.05, 3.63) is 0 Å². The fourth-order valence-electron chi connectivity index (χ4n) is 1.80. The average molecular weight is 172 g/mol. The van der Waals surface area contributed by atoms with Gasteiger partial charge in [-0.2, -0.15) is 0 Å². The molecule has 1 aliphatic carbocycles. The van der Waals surface area contributed by atoms with Crippen LogP contribution in [0.2, 0.25) is 0 Å². The van der Waals surface area contributed by atoms with Gasteiger partial charge < -0.3 is 9.47 Å². The van der Waals surface area contributed by atoms with Gasteiger partial charge in [-0.1, -0.05) is 12.8 Å². The zero-order valence-electron chi connectivity index (χ0n) is 7.71. The fourth-order valence-corrected chi connectivity index (χ4v) is 1.80. The van der Waals surface area contributed by atoms with E-state index >= 15 is 0 Å². The Labute approximate surface area is 73.0 Å². The molecule has 0 amide bonds. The quantitative estimate of drug-likeness (QED) is 0.590. The van der Waals surface area contributed by atoms with E-state index in [9.17, 15) is 4.79 Å². The second kappa shape index (κ2) is 4.45. The summed E-state index contributed by atoms with van der Waals surface area (Å²) in [5, 5.41) is 0. The highest BCUT2D eigenvalue weighted by atomic mass is 16.5. The summed E-state index contributed by atoms with van der Waals surface area (Å²) in [6.07, 6.45) is 4.23. The lowest BCUT2D eigenvalue weighted by Crippen LogP contribution is -2.33. The van der Waals surface area contributed by atoms with E-state index in [1.807, 2.05) is 0 Å². The van der Waals surface area contributed by atoms with Gasteiger partial charge in [-0.3, -0.25) is 4.79 Å². The average Bonchev–Trinajstić information content (AvgIpc) is 2.16. The topological polar surface area (TPSA) is 35.5 Å². The second-order valence-electron chi connectivity index (χ2n) is 3.19. The molecule has 70 valence electrons. The van der Waals surface area contributed by atoms with Crippen LogP contribution in [0.15, 0.2) is 0 Å². The van der Waals surface area contributed by atoms with Gasteiger partial charge >= 0.3 is 5.97 Å². The van der Waals surface area contributed by atoms with Crippen molar-refractivity contribution in [3.8, 4) is 0 Å². The summed E-state index contributed by atoms with van der Waals surface area (Å²) in [5.41, 5.74) is 0. The maximum absolute atomic E-state index is 11.2. The van der Waals surface area contributed by atoms with Crippen LogP contribution < -0.4 is 0 Å². The van der Waals surface area contributed by atoms with E-state index in [0.29, 0.717) is 0 Å². The number of carbonyl (C=O) groups excluding carboxylic acids is 1. The van der Waals surface area contributed by atoms with Crippen molar-refractivity contribution in [2.75, 3.05) is 14.2 Å². The van der Waals surface area contributed by atoms with Gasteiger partial charge in [-0.15, -0.1) is 0 Å². The zero-order chi connectivity index (χ0) is 8.97. The van der Waals surface area contributed by atoms with Gasteiger partial charge in [-0.05, 0) is 12.8 Å². The van der Waals surface area contributed by atoms with Crippen molar-refractivity contribution in [1.29, 1.82) is 0 Å². The van der Waals surface area contributed by atoms with Crippen molar-refractivity contribution in [2.24, 2.45) is 5.92 Å². The highest BCUT2D eigenvalue weighted by Crippen LogP contribution is 2.27. The van der Waals surface area contributed by atoms with Crippen LogP contribution in [0.25, 0.3) is 0 Å². The number of esters is 1. The lowest BCUT2D eigenvalue weighted by molar-refractivity contribution is -0.152. The number of hydrogen-bond donors (Lipinski definition) is 0. The van der Waals surface area contributed by atoms with Crippen LogP contribution in [-0.2, 0) is 14.3 Å². The van der Waals surface area contributed by atoms with Crippen LogP contribution in [0.4, 0.5) is 0 Å². The van der Waals surface area contributed by atoms with E-state index in [4.69, 9.17) is 9.47 Å². The van der Waals surface area contributed by atoms with Crippen LogP contribution in [0, 0.1) is 5.92 Å². The molecule has 0 N–H and O–H groups in total. The number of ether oxygens (including phenoxy) is 2. The third kappa shape index (κ3) is 1.97. The third-order valence-corrected chi connectivity index (χ3v) is 2.51. The molecule has 0 aromatic rings. The number of carbonyl (C=O) groups is 1. The molecule has 2 atom stereocenters. The number of rotatable bonds is 2. The smallest absolute Gasteiger partial charge is 0.311 e. The molecule has 0 aromatic heterocycles. The normalized spacial score (nSPS) is 29.8. The highest BCUT2D eigenvalue weighted by molar-refractivity contribution is 5.73. The molecule has 1 saturated carbocycles. The molecule has 0 bridgehead atoms. The summed E-state index contributed by atoms with van der Waals surface area (Å²) in [6, 6.07) is 0. The molecule has 1 rings (SSSR count). The van der Waals surface area contributed by atoms with E-state index in [1.54, 1.807) is 7.11 Å². The number of methoxy groups -OCH3 is 2. The Morgan fingerprint density at radius 3 is 2.50 bits per heavy atom. The zero-order valence-corrected chi connectivity index (χ0v) is 7.71. The largest absolute Gasteiger partial charge is 0.469 e. The summed E-state index contributed by atoms with van der Waals surface area (Å²) < 4.78 is 9.93. The monoisotopic (exact) mass is 172 g/mol. The van der Waals surface area contributed by atoms with E-state index in [-0.39, 0.29) is 18.0 Å². The summed E-state index contributed by atoms with van der Waals surface area (Å²) in [7, 11) is 3.09. The maximum Gasteiger partial charge on any atom is 0.311 e. The predicted molar refractivity (Wildman–Crippen MR) is 44.8 cm³/mol. The standard InChI is InChI=1S/C9H16O3/c1-11-8-6-4-3-5-7(8)9(10)12-2/h7-8H,3-6H2,1-2H3/t7-,8+/m1/s1.